The number of amides is 1. The minimum Gasteiger partial charge on any atom is -0.336 e. The van der Waals surface area contributed by atoms with Crippen LogP contribution in [0.25, 0.3) is 55.2 Å². The van der Waals surface area contributed by atoms with Crippen LogP contribution < -0.4 is 5.32 Å². The Labute approximate surface area is 219 Å². The van der Waals surface area contributed by atoms with Crippen LogP contribution in [0.4, 0.5) is 14.5 Å². The summed E-state index contributed by atoms with van der Waals surface area (Å²) in [4.78, 5) is 29.4. The lowest BCUT2D eigenvalue weighted by atomic mass is 10.0. The van der Waals surface area contributed by atoms with Gasteiger partial charge < -0.3 is 10.3 Å². The quantitative estimate of drug-likeness (QED) is 0.213. The van der Waals surface area contributed by atoms with Crippen molar-refractivity contribution in [3.63, 3.8) is 0 Å². The van der Waals surface area contributed by atoms with Crippen molar-refractivity contribution in [2.75, 3.05) is 5.32 Å². The molecular formula is C27H21F2N7OS. The number of imidazole rings is 1. The van der Waals surface area contributed by atoms with E-state index in [2.05, 4.69) is 30.5 Å². The molecule has 3 N–H and O–H groups in total. The Bertz CT molecular complexity index is 1810. The molecule has 8 nitrogen and oxygen atoms in total. The first-order chi connectivity index (χ1) is 18.5. The van der Waals surface area contributed by atoms with Gasteiger partial charge in [0.05, 0.1) is 27.8 Å². The van der Waals surface area contributed by atoms with Gasteiger partial charge in [0.25, 0.3) is 0 Å². The highest BCUT2D eigenvalue weighted by Crippen LogP contribution is 2.35. The smallest absolute Gasteiger partial charge is 0.224 e. The van der Waals surface area contributed by atoms with Gasteiger partial charge in [0.1, 0.15) is 22.7 Å². The van der Waals surface area contributed by atoms with E-state index >= 15 is 4.39 Å². The van der Waals surface area contributed by atoms with E-state index in [-0.39, 0.29) is 11.0 Å². The van der Waals surface area contributed by atoms with E-state index in [9.17, 15) is 9.18 Å². The number of unbranched alkanes of at least 4 members (excludes halogenated alkanes) is 1. The van der Waals surface area contributed by atoms with Crippen LogP contribution in [-0.2, 0) is 4.79 Å². The number of thiophene rings is 1. The molecule has 0 saturated heterocycles. The Morgan fingerprint density at radius 1 is 1.08 bits per heavy atom. The molecule has 0 bridgehead atoms. The topological polar surface area (TPSA) is 112 Å². The third-order valence-electron chi connectivity index (χ3n) is 6.17. The van der Waals surface area contributed by atoms with Crippen LogP contribution >= 0.6 is 11.3 Å². The second-order valence-corrected chi connectivity index (χ2v) is 9.84. The van der Waals surface area contributed by atoms with Gasteiger partial charge in [-0.15, -0.1) is 11.3 Å². The molecular weight excluding hydrogens is 508 g/mol. The minimum absolute atomic E-state index is 0.108. The standard InChI is InChI=1S/C27H21F2N7OS/c1-2-3-4-23(37)32-15-9-14(12-30-13-15)16-10-17-20(11-18(16)28)35-36-24(17)27-33-19-7-8-31-26(25(19)34-27)21-5-6-22(29)38-21/h5-13H,2-4H2,1H3,(H,32,37)(H,33,34)(H,35,36). The minimum atomic E-state index is -0.459. The Morgan fingerprint density at radius 3 is 2.79 bits per heavy atom. The van der Waals surface area contributed by atoms with Gasteiger partial charge in [-0.2, -0.15) is 9.49 Å². The molecule has 11 heteroatoms. The number of carbonyl (C=O) groups excluding carboxylic acids is 1. The summed E-state index contributed by atoms with van der Waals surface area (Å²) in [6.07, 6.45) is 6.83. The first kappa shape index (κ1) is 23.9. The SMILES string of the molecule is CCCCC(=O)Nc1cncc(-c2cc3c(-c4nc5c(-c6ccc(F)s6)nccc5[nH]4)n[nH]c3cc2F)c1. The average molecular weight is 530 g/mol. The van der Waals surface area contributed by atoms with Crippen molar-refractivity contribution in [1.82, 2.24) is 30.1 Å². The number of H-pyrrole nitrogens is 2. The van der Waals surface area contributed by atoms with E-state index in [0.717, 1.165) is 24.2 Å². The highest BCUT2D eigenvalue weighted by atomic mass is 32.1. The molecule has 0 aliphatic carbocycles. The third-order valence-corrected chi connectivity index (χ3v) is 7.05. The summed E-state index contributed by atoms with van der Waals surface area (Å²) in [6.45, 7) is 2.02. The fourth-order valence-corrected chi connectivity index (χ4v) is 5.05. The van der Waals surface area contributed by atoms with E-state index in [4.69, 9.17) is 4.98 Å². The number of benzene rings is 1. The molecule has 0 fully saturated rings. The van der Waals surface area contributed by atoms with Gasteiger partial charge >= 0.3 is 0 Å². The van der Waals surface area contributed by atoms with Crippen LogP contribution in [-0.4, -0.2) is 36.0 Å². The number of fused-ring (bicyclic) bond motifs is 2. The molecule has 1 aromatic carbocycles. The van der Waals surface area contributed by atoms with Crippen LogP contribution in [0.2, 0.25) is 0 Å². The number of anilines is 1. The summed E-state index contributed by atoms with van der Waals surface area (Å²) >= 11 is 0.996. The number of halogens is 2. The molecule has 0 unspecified atom stereocenters. The van der Waals surface area contributed by atoms with Crippen molar-refractivity contribution >= 4 is 44.9 Å². The normalized spacial score (nSPS) is 11.4. The van der Waals surface area contributed by atoms with Gasteiger partial charge in [0.2, 0.25) is 5.91 Å². The van der Waals surface area contributed by atoms with Gasteiger partial charge in [0.15, 0.2) is 11.0 Å². The summed E-state index contributed by atoms with van der Waals surface area (Å²) in [6, 6.07) is 9.60. The largest absolute Gasteiger partial charge is 0.336 e. The zero-order valence-electron chi connectivity index (χ0n) is 20.2. The lowest BCUT2D eigenvalue weighted by Gasteiger charge is -2.08. The highest BCUT2D eigenvalue weighted by molar-refractivity contribution is 7.13. The predicted molar refractivity (Wildman–Crippen MR) is 144 cm³/mol. The predicted octanol–water partition coefficient (Wildman–Crippen LogP) is 6.70. The summed E-state index contributed by atoms with van der Waals surface area (Å²) in [5.41, 5.74) is 4.18. The average Bonchev–Trinajstić information content (AvgIpc) is 3.64. The fraction of sp³-hybridized carbons (Fsp3) is 0.148. The lowest BCUT2D eigenvalue weighted by Crippen LogP contribution is -2.11. The lowest BCUT2D eigenvalue weighted by molar-refractivity contribution is -0.116. The molecule has 5 heterocycles. The van der Waals surface area contributed by atoms with Gasteiger partial charge in [0, 0.05) is 41.4 Å². The summed E-state index contributed by atoms with van der Waals surface area (Å²) in [5, 5.41) is 10.4. The van der Waals surface area contributed by atoms with Crippen molar-refractivity contribution < 1.29 is 13.6 Å². The second kappa shape index (κ2) is 9.75. The van der Waals surface area contributed by atoms with Crippen LogP contribution in [0.15, 0.2) is 55.0 Å². The Balaban J connectivity index is 1.40. The summed E-state index contributed by atoms with van der Waals surface area (Å²) in [5.74, 6) is -0.104. The molecule has 190 valence electrons. The number of aromatic nitrogens is 6. The first-order valence-electron chi connectivity index (χ1n) is 12.0. The number of nitrogens with zero attached hydrogens (tertiary/aromatic N) is 4. The van der Waals surface area contributed by atoms with Crippen molar-refractivity contribution in [2.45, 2.75) is 26.2 Å². The molecule has 38 heavy (non-hydrogen) atoms. The van der Waals surface area contributed by atoms with Gasteiger partial charge in [-0.3, -0.25) is 19.9 Å². The monoisotopic (exact) mass is 529 g/mol. The number of pyridine rings is 2. The molecule has 0 aliphatic heterocycles. The maximum Gasteiger partial charge on any atom is 0.224 e. The van der Waals surface area contributed by atoms with E-state index in [1.54, 1.807) is 36.7 Å². The number of hydrogen-bond donors (Lipinski definition) is 3. The molecule has 0 radical (unpaired) electrons. The van der Waals surface area contributed by atoms with Crippen LogP contribution in [0, 0.1) is 10.9 Å². The highest BCUT2D eigenvalue weighted by Gasteiger charge is 2.19. The molecule has 6 rings (SSSR count). The van der Waals surface area contributed by atoms with Crippen molar-refractivity contribution in [2.24, 2.45) is 0 Å². The van der Waals surface area contributed by atoms with E-state index in [1.807, 2.05) is 6.92 Å². The molecule has 6 aromatic rings. The first-order valence-corrected chi connectivity index (χ1v) is 12.9. The van der Waals surface area contributed by atoms with Crippen LogP contribution in [0.5, 0.6) is 0 Å². The zero-order chi connectivity index (χ0) is 26.2. The van der Waals surface area contributed by atoms with Crippen molar-refractivity contribution in [1.29, 1.82) is 0 Å². The number of carbonyl (C=O) groups is 1. The van der Waals surface area contributed by atoms with Gasteiger partial charge in [-0.25, -0.2) is 9.37 Å². The number of rotatable bonds is 7. The fourth-order valence-electron chi connectivity index (χ4n) is 4.33. The Kier molecular flexibility index (Phi) is 6.12. The Hall–Kier alpha value is -4.51. The molecule has 1 amide bonds. The van der Waals surface area contributed by atoms with Crippen LogP contribution in [0.1, 0.15) is 26.2 Å². The molecule has 5 aromatic heterocycles. The van der Waals surface area contributed by atoms with Gasteiger partial charge in [-0.05, 0) is 36.8 Å². The Morgan fingerprint density at radius 2 is 1.97 bits per heavy atom. The molecule has 0 spiro atoms. The van der Waals surface area contributed by atoms with E-state index in [1.165, 1.54) is 18.3 Å². The summed E-state index contributed by atoms with van der Waals surface area (Å²) < 4.78 is 28.8. The van der Waals surface area contributed by atoms with Crippen molar-refractivity contribution in [3.8, 4) is 33.2 Å². The van der Waals surface area contributed by atoms with Gasteiger partial charge in [-0.1, -0.05) is 13.3 Å². The number of nitrogens with one attached hydrogen (secondary N) is 3. The van der Waals surface area contributed by atoms with Crippen LogP contribution in [0.3, 0.4) is 0 Å². The third kappa shape index (κ3) is 4.41. The maximum atomic E-state index is 15.2. The van der Waals surface area contributed by atoms with Crippen molar-refractivity contribution in [3.05, 3.63) is 65.9 Å². The zero-order valence-corrected chi connectivity index (χ0v) is 21.0. The molecule has 0 aliphatic rings. The van der Waals surface area contributed by atoms with E-state index < -0.39 is 5.82 Å². The number of aromatic amines is 2. The molecule has 0 atom stereocenters. The maximum absolute atomic E-state index is 15.2. The summed E-state index contributed by atoms with van der Waals surface area (Å²) in [7, 11) is 0. The molecule has 0 saturated carbocycles. The van der Waals surface area contributed by atoms with E-state index in [0.29, 0.717) is 67.3 Å². The second-order valence-electron chi connectivity index (χ2n) is 8.81. The number of hydrogen-bond acceptors (Lipinski definition) is 6.